The molecule has 0 amide bonds. The molecule has 0 N–H and O–H groups in total. The van der Waals surface area contributed by atoms with Crippen molar-refractivity contribution in [2.45, 2.75) is 61.6 Å². The molecule has 0 spiro atoms. The zero-order valence-corrected chi connectivity index (χ0v) is 18.2. The Bertz CT molecular complexity index is 438. The first-order chi connectivity index (χ1) is 11.9. The number of rotatable bonds is 10. The molecule has 2 aromatic carbocycles. The van der Waals surface area contributed by atoms with Crippen molar-refractivity contribution in [3.05, 3.63) is 71.8 Å². The molecule has 0 aliphatic carbocycles. The van der Waals surface area contributed by atoms with Gasteiger partial charge in [0.25, 0.3) is 0 Å². The molecular weight excluding hydrogens is 399 g/mol. The minimum Gasteiger partial charge on any atom is -0.372 e. The van der Waals surface area contributed by atoms with Gasteiger partial charge in [-0.3, -0.25) is 0 Å². The van der Waals surface area contributed by atoms with Crippen LogP contribution in [0.4, 0.5) is 0 Å². The van der Waals surface area contributed by atoms with Gasteiger partial charge in [-0.25, -0.2) is 0 Å². The normalized spacial score (nSPS) is 10.1. The standard InChI is InChI=1S/C14H14O.2C4H9.Sn/c1-3-7-13(8-4-1)11-15-12-14-9-5-2-6-10-14;2*1-3-4-2;/h1-10H,11-12H2;2*1,3-4H2,2H3;. The number of benzene rings is 2. The first-order valence-electron chi connectivity index (χ1n) is 9.23. The number of unbranched alkanes of at least 4 members (excludes halogenated alkanes) is 2. The Morgan fingerprint density at radius 1 is 0.667 bits per heavy atom. The van der Waals surface area contributed by atoms with Crippen molar-refractivity contribution in [1.82, 2.24) is 0 Å². The second-order valence-corrected chi connectivity index (χ2v) is 10.2. The summed E-state index contributed by atoms with van der Waals surface area (Å²) in [6, 6.07) is 20.4. The molecule has 0 atom stereocenters. The van der Waals surface area contributed by atoms with Crippen molar-refractivity contribution in [3.8, 4) is 0 Å². The van der Waals surface area contributed by atoms with Gasteiger partial charge in [0.2, 0.25) is 0 Å². The maximum absolute atomic E-state index is 5.61. The summed E-state index contributed by atoms with van der Waals surface area (Å²) in [4.78, 5) is 0. The molecule has 2 radical (unpaired) electrons. The van der Waals surface area contributed by atoms with Crippen LogP contribution in [0, 0.1) is 0 Å². The van der Waals surface area contributed by atoms with Crippen LogP contribution >= 0.6 is 0 Å². The van der Waals surface area contributed by atoms with Gasteiger partial charge in [0.05, 0.1) is 13.2 Å². The van der Waals surface area contributed by atoms with Gasteiger partial charge >= 0.3 is 69.5 Å². The Hall–Kier alpha value is -0.801. The van der Waals surface area contributed by atoms with Gasteiger partial charge in [0.15, 0.2) is 0 Å². The first kappa shape index (κ1) is 21.2. The Labute approximate surface area is 159 Å². The fourth-order valence-electron chi connectivity index (χ4n) is 2.16. The van der Waals surface area contributed by atoms with Crippen molar-refractivity contribution in [2.24, 2.45) is 0 Å². The van der Waals surface area contributed by atoms with Crippen LogP contribution < -0.4 is 0 Å². The van der Waals surface area contributed by atoms with E-state index < -0.39 is 0 Å². The van der Waals surface area contributed by atoms with E-state index in [9.17, 15) is 0 Å². The summed E-state index contributed by atoms with van der Waals surface area (Å²) in [5.41, 5.74) is 2.43. The number of hydrogen-bond donors (Lipinski definition) is 0. The average Bonchev–Trinajstić information content (AvgIpc) is 2.64. The molecule has 2 aromatic rings. The molecule has 0 unspecified atom stereocenters. The number of hydrogen-bond acceptors (Lipinski definition) is 1. The van der Waals surface area contributed by atoms with Crippen LogP contribution in [0.15, 0.2) is 60.7 Å². The number of ether oxygens (including phenoxy) is 1. The Morgan fingerprint density at radius 3 is 1.46 bits per heavy atom. The van der Waals surface area contributed by atoms with Gasteiger partial charge in [0.1, 0.15) is 0 Å². The Morgan fingerprint density at radius 2 is 1.08 bits per heavy atom. The third-order valence-electron chi connectivity index (χ3n) is 3.64. The van der Waals surface area contributed by atoms with Crippen molar-refractivity contribution >= 4 is 21.1 Å². The van der Waals surface area contributed by atoms with E-state index in [0.717, 1.165) is 0 Å². The van der Waals surface area contributed by atoms with Gasteiger partial charge in [-0.2, -0.15) is 0 Å². The molecule has 0 aliphatic rings. The zero-order valence-electron chi connectivity index (χ0n) is 15.3. The SMILES string of the molecule is CCC[CH2][Sn][CH2]CCC.c1ccc(COCc2ccccc2)cc1. The van der Waals surface area contributed by atoms with Gasteiger partial charge < -0.3 is 4.74 Å². The first-order valence-corrected chi connectivity index (χ1v) is 13.3. The maximum Gasteiger partial charge on any atom is 0.0721 e. The molecule has 0 bridgehead atoms. The van der Waals surface area contributed by atoms with E-state index in [0.29, 0.717) is 13.2 Å². The predicted octanol–water partition coefficient (Wildman–Crippen LogP) is 6.53. The molecule has 2 rings (SSSR count). The van der Waals surface area contributed by atoms with Crippen LogP contribution in [0.5, 0.6) is 0 Å². The molecule has 1 nitrogen and oxygen atoms in total. The fraction of sp³-hybridized carbons (Fsp3) is 0.455. The Balaban J connectivity index is 0.000000277. The van der Waals surface area contributed by atoms with Crippen molar-refractivity contribution in [2.75, 3.05) is 0 Å². The summed E-state index contributed by atoms with van der Waals surface area (Å²) >= 11 is 0.149. The van der Waals surface area contributed by atoms with E-state index >= 15 is 0 Å². The van der Waals surface area contributed by atoms with Gasteiger partial charge in [-0.1, -0.05) is 60.7 Å². The molecule has 0 aliphatic heterocycles. The molecule has 0 heterocycles. The van der Waals surface area contributed by atoms with Crippen molar-refractivity contribution in [1.29, 1.82) is 0 Å². The predicted molar refractivity (Wildman–Crippen MR) is 107 cm³/mol. The molecule has 0 saturated carbocycles. The Kier molecular flexibility index (Phi) is 13.9. The molecule has 2 heteroatoms. The van der Waals surface area contributed by atoms with Crippen LogP contribution in [-0.2, 0) is 18.0 Å². The van der Waals surface area contributed by atoms with Crippen molar-refractivity contribution in [3.63, 3.8) is 0 Å². The van der Waals surface area contributed by atoms with Crippen LogP contribution in [0.25, 0.3) is 0 Å². The van der Waals surface area contributed by atoms with Crippen LogP contribution in [0.3, 0.4) is 0 Å². The topological polar surface area (TPSA) is 9.23 Å². The van der Waals surface area contributed by atoms with Crippen LogP contribution in [0.1, 0.15) is 50.7 Å². The minimum absolute atomic E-state index is 0.149. The largest absolute Gasteiger partial charge is 0.372 e. The fourth-order valence-corrected chi connectivity index (χ4v) is 6.32. The second-order valence-electron chi connectivity index (χ2n) is 5.92. The van der Waals surface area contributed by atoms with Gasteiger partial charge in [-0.15, -0.1) is 0 Å². The third kappa shape index (κ3) is 11.7. The van der Waals surface area contributed by atoms with E-state index in [2.05, 4.69) is 38.1 Å². The summed E-state index contributed by atoms with van der Waals surface area (Å²) in [7, 11) is 0. The zero-order chi connectivity index (χ0) is 17.3. The minimum atomic E-state index is 0.149. The second kappa shape index (κ2) is 15.7. The average molecular weight is 431 g/mol. The summed E-state index contributed by atoms with van der Waals surface area (Å²) in [6.07, 6.45) is 5.84. The summed E-state index contributed by atoms with van der Waals surface area (Å²) in [6.45, 7) is 5.93. The maximum atomic E-state index is 5.61. The molecule has 24 heavy (non-hydrogen) atoms. The molecule has 130 valence electrons. The van der Waals surface area contributed by atoms with Crippen LogP contribution in [-0.4, -0.2) is 21.1 Å². The van der Waals surface area contributed by atoms with Crippen LogP contribution in [0.2, 0.25) is 8.87 Å². The summed E-state index contributed by atoms with van der Waals surface area (Å²) in [5, 5.41) is 0. The monoisotopic (exact) mass is 432 g/mol. The molecule has 0 fully saturated rings. The molecule has 0 aromatic heterocycles. The van der Waals surface area contributed by atoms with Gasteiger partial charge in [-0.05, 0) is 11.1 Å². The van der Waals surface area contributed by atoms with Crippen molar-refractivity contribution < 1.29 is 4.74 Å². The van der Waals surface area contributed by atoms with E-state index in [4.69, 9.17) is 4.74 Å². The molecule has 0 saturated heterocycles. The van der Waals surface area contributed by atoms with E-state index in [1.165, 1.54) is 36.8 Å². The third-order valence-corrected chi connectivity index (χ3v) is 7.67. The quantitative estimate of drug-likeness (QED) is 0.307. The van der Waals surface area contributed by atoms with Gasteiger partial charge in [0, 0.05) is 0 Å². The van der Waals surface area contributed by atoms with E-state index in [1.807, 2.05) is 36.4 Å². The van der Waals surface area contributed by atoms with E-state index in [1.54, 1.807) is 8.87 Å². The summed E-state index contributed by atoms with van der Waals surface area (Å²) < 4.78 is 8.86. The smallest absolute Gasteiger partial charge is 0.0721 e. The van der Waals surface area contributed by atoms with E-state index in [-0.39, 0.29) is 21.1 Å². The summed E-state index contributed by atoms with van der Waals surface area (Å²) in [5.74, 6) is 0. The molecular formula is C22H32OSn.